The zero-order chi connectivity index (χ0) is 23.0. The molecule has 2 fully saturated rings. The largest absolute Gasteiger partial charge is 0.389 e. The Morgan fingerprint density at radius 1 is 1.00 bits per heavy atom. The molecule has 5 nitrogen and oxygen atoms in total. The van der Waals surface area contributed by atoms with Crippen molar-refractivity contribution in [2.24, 2.45) is 16.7 Å². The van der Waals surface area contributed by atoms with Gasteiger partial charge in [0.05, 0.1) is 24.6 Å². The predicted molar refractivity (Wildman–Crippen MR) is 127 cm³/mol. The third-order valence-electron chi connectivity index (χ3n) is 8.08. The summed E-state index contributed by atoms with van der Waals surface area (Å²) in [5, 5.41) is 14.1. The molecule has 2 amide bonds. The van der Waals surface area contributed by atoms with Gasteiger partial charge in [-0.25, -0.2) is 0 Å². The van der Waals surface area contributed by atoms with E-state index in [0.29, 0.717) is 16.5 Å². The number of amides is 2. The molecule has 0 spiro atoms. The van der Waals surface area contributed by atoms with Crippen LogP contribution in [0.2, 0.25) is 10.0 Å². The van der Waals surface area contributed by atoms with Crippen LogP contribution in [-0.2, 0) is 16.1 Å². The third-order valence-corrected chi connectivity index (χ3v) is 8.55. The molecule has 2 aromatic carbocycles. The number of benzene rings is 2. The van der Waals surface area contributed by atoms with Crippen LogP contribution >= 0.6 is 23.2 Å². The Labute approximate surface area is 196 Å². The number of aliphatic hydroxyl groups excluding tert-OH is 1. The number of imide groups is 1. The van der Waals surface area contributed by atoms with E-state index in [0.717, 1.165) is 28.2 Å². The van der Waals surface area contributed by atoms with Crippen LogP contribution < -0.4 is 0 Å². The van der Waals surface area contributed by atoms with E-state index in [1.54, 1.807) is 0 Å². The summed E-state index contributed by atoms with van der Waals surface area (Å²) < 4.78 is 2.00. The summed E-state index contributed by atoms with van der Waals surface area (Å²) in [5.74, 6) is -0.509. The highest BCUT2D eigenvalue weighted by Crippen LogP contribution is 2.60. The van der Waals surface area contributed by atoms with Crippen LogP contribution in [0.4, 0.5) is 0 Å². The second kappa shape index (κ2) is 7.21. The van der Waals surface area contributed by atoms with Gasteiger partial charge in [-0.2, -0.15) is 0 Å². The quantitative estimate of drug-likeness (QED) is 0.525. The first kappa shape index (κ1) is 21.7. The molecule has 1 aliphatic carbocycles. The maximum absolute atomic E-state index is 13.3. The summed E-state index contributed by atoms with van der Waals surface area (Å²) in [6.07, 6.45) is 0.517. The Morgan fingerprint density at radius 3 is 2.12 bits per heavy atom. The van der Waals surface area contributed by atoms with Gasteiger partial charge in [0.25, 0.3) is 0 Å². The molecule has 3 aromatic rings. The molecule has 1 aliphatic heterocycles. The van der Waals surface area contributed by atoms with Crippen LogP contribution in [0.3, 0.4) is 0 Å². The van der Waals surface area contributed by atoms with Gasteiger partial charge >= 0.3 is 0 Å². The van der Waals surface area contributed by atoms with Crippen LogP contribution in [0.5, 0.6) is 0 Å². The van der Waals surface area contributed by atoms with Crippen molar-refractivity contribution in [3.8, 4) is 0 Å². The molecule has 0 unspecified atom stereocenters. The minimum absolute atomic E-state index is 0.0117. The normalized spacial score (nSPS) is 25.8. The van der Waals surface area contributed by atoms with Gasteiger partial charge in [-0.1, -0.05) is 44.0 Å². The first-order valence-corrected chi connectivity index (χ1v) is 11.7. The first-order chi connectivity index (χ1) is 15.0. The Hall–Kier alpha value is -2.08. The van der Waals surface area contributed by atoms with Gasteiger partial charge in [-0.15, -0.1) is 0 Å². The number of piperidine rings is 1. The highest BCUT2D eigenvalue weighted by Gasteiger charge is 2.64. The summed E-state index contributed by atoms with van der Waals surface area (Å²) in [6, 6.07) is 11.2. The maximum atomic E-state index is 13.3. The molecule has 32 heavy (non-hydrogen) atoms. The van der Waals surface area contributed by atoms with Crippen LogP contribution in [0.25, 0.3) is 21.8 Å². The van der Waals surface area contributed by atoms with Crippen molar-refractivity contribution >= 4 is 56.8 Å². The van der Waals surface area contributed by atoms with E-state index < -0.39 is 11.5 Å². The number of nitrogens with zero attached hydrogens (tertiary/aromatic N) is 2. The van der Waals surface area contributed by atoms with Gasteiger partial charge in [0.2, 0.25) is 11.8 Å². The molecule has 7 heteroatoms. The second-order valence-electron chi connectivity index (χ2n) is 9.99. The van der Waals surface area contributed by atoms with Gasteiger partial charge in [-0.3, -0.25) is 14.5 Å². The van der Waals surface area contributed by atoms with E-state index in [-0.39, 0.29) is 36.2 Å². The summed E-state index contributed by atoms with van der Waals surface area (Å²) in [4.78, 5) is 27.8. The standard InChI is InChI=1S/C25H26Cl2N2O3/c1-24(2)19-8-9-25(24,3)23(32)29(22(19)31)13-16(30)12-28-20-6-4-14(26)10-17(20)18-11-15(27)5-7-21(18)28/h4-7,10-11,16,19,30H,8-9,12-13H2,1-3H3/t16-,19-,25+/m1/s1. The fourth-order valence-electron chi connectivity index (χ4n) is 5.80. The van der Waals surface area contributed by atoms with E-state index >= 15 is 0 Å². The predicted octanol–water partition coefficient (Wildman–Crippen LogP) is 5.27. The fourth-order valence-corrected chi connectivity index (χ4v) is 6.14. The summed E-state index contributed by atoms with van der Waals surface area (Å²) in [7, 11) is 0. The lowest BCUT2D eigenvalue weighted by Crippen LogP contribution is -2.60. The lowest BCUT2D eigenvalue weighted by Gasteiger charge is -2.48. The summed E-state index contributed by atoms with van der Waals surface area (Å²) in [6.45, 7) is 6.22. The Bertz CT molecular complexity index is 1220. The van der Waals surface area contributed by atoms with E-state index in [9.17, 15) is 14.7 Å². The smallest absolute Gasteiger partial charge is 0.235 e. The zero-order valence-electron chi connectivity index (χ0n) is 18.4. The molecular weight excluding hydrogens is 447 g/mol. The molecule has 2 aliphatic rings. The Balaban J connectivity index is 1.48. The highest BCUT2D eigenvalue weighted by atomic mass is 35.5. The lowest BCUT2D eigenvalue weighted by molar-refractivity contribution is -0.169. The number of aliphatic hydroxyl groups is 1. The molecule has 3 atom stereocenters. The topological polar surface area (TPSA) is 62.5 Å². The van der Waals surface area contributed by atoms with Gasteiger partial charge < -0.3 is 9.67 Å². The number of rotatable bonds is 4. The number of hydrogen-bond acceptors (Lipinski definition) is 3. The molecule has 168 valence electrons. The van der Waals surface area contributed by atoms with Crippen molar-refractivity contribution in [3.05, 3.63) is 46.4 Å². The molecule has 1 saturated heterocycles. The van der Waals surface area contributed by atoms with Crippen molar-refractivity contribution in [2.45, 2.75) is 46.3 Å². The number of halogens is 2. The van der Waals surface area contributed by atoms with Crippen LogP contribution in [0, 0.1) is 16.7 Å². The highest BCUT2D eigenvalue weighted by molar-refractivity contribution is 6.33. The van der Waals surface area contributed by atoms with E-state index in [1.807, 2.05) is 61.7 Å². The van der Waals surface area contributed by atoms with Crippen LogP contribution in [0.1, 0.15) is 33.6 Å². The molecule has 1 saturated carbocycles. The number of carbonyl (C=O) groups excluding carboxylic acids is 2. The maximum Gasteiger partial charge on any atom is 0.235 e. The average Bonchev–Trinajstić information content (AvgIpc) is 3.12. The van der Waals surface area contributed by atoms with Gasteiger partial charge in [0.1, 0.15) is 0 Å². The number of likely N-dealkylation sites (tertiary alicyclic amines) is 1. The number of carbonyl (C=O) groups is 2. The number of β-amino-alcohol motifs (C(OH)–C–C–N with tert-alkyl or cyclic N) is 1. The van der Waals surface area contributed by atoms with E-state index in [1.165, 1.54) is 4.90 Å². The summed E-state index contributed by atoms with van der Waals surface area (Å²) in [5.41, 5.74) is 0.880. The second-order valence-corrected chi connectivity index (χ2v) is 10.9. The summed E-state index contributed by atoms with van der Waals surface area (Å²) >= 11 is 12.5. The van der Waals surface area contributed by atoms with E-state index in [4.69, 9.17) is 23.2 Å². The van der Waals surface area contributed by atoms with Crippen molar-refractivity contribution in [3.63, 3.8) is 0 Å². The number of fused-ring (bicyclic) bond motifs is 5. The monoisotopic (exact) mass is 472 g/mol. The Morgan fingerprint density at radius 2 is 1.56 bits per heavy atom. The number of aromatic nitrogens is 1. The minimum atomic E-state index is -0.905. The van der Waals surface area contributed by atoms with Gasteiger partial charge in [0, 0.05) is 37.8 Å². The van der Waals surface area contributed by atoms with Crippen LogP contribution in [-0.4, -0.2) is 39.0 Å². The molecular formula is C25H26Cl2N2O3. The number of hydrogen-bond donors (Lipinski definition) is 1. The molecule has 2 bridgehead atoms. The lowest BCUT2D eigenvalue weighted by atomic mass is 9.62. The van der Waals surface area contributed by atoms with Crippen molar-refractivity contribution in [1.82, 2.24) is 9.47 Å². The third kappa shape index (κ3) is 2.94. The molecule has 1 N–H and O–H groups in total. The Kier molecular flexibility index (Phi) is 4.90. The first-order valence-electron chi connectivity index (χ1n) is 11.0. The van der Waals surface area contributed by atoms with Gasteiger partial charge in [0.15, 0.2) is 0 Å². The van der Waals surface area contributed by atoms with E-state index in [2.05, 4.69) is 0 Å². The van der Waals surface area contributed by atoms with Crippen molar-refractivity contribution in [1.29, 1.82) is 0 Å². The molecule has 2 heterocycles. The van der Waals surface area contributed by atoms with Crippen molar-refractivity contribution in [2.75, 3.05) is 6.54 Å². The fraction of sp³-hybridized carbons (Fsp3) is 0.440. The van der Waals surface area contributed by atoms with Crippen molar-refractivity contribution < 1.29 is 14.7 Å². The molecule has 0 radical (unpaired) electrons. The average molecular weight is 473 g/mol. The molecule has 1 aromatic heterocycles. The van der Waals surface area contributed by atoms with Gasteiger partial charge in [-0.05, 0) is 54.7 Å². The van der Waals surface area contributed by atoms with Crippen LogP contribution in [0.15, 0.2) is 36.4 Å². The minimum Gasteiger partial charge on any atom is -0.389 e. The zero-order valence-corrected chi connectivity index (χ0v) is 19.9. The molecule has 5 rings (SSSR count). The SMILES string of the molecule is CC1(C)[C@@H]2CC[C@@]1(C)C(=O)N(C[C@H](O)Cn1c3ccc(Cl)cc3c3cc(Cl)ccc31)C2=O.